The van der Waals surface area contributed by atoms with Gasteiger partial charge in [-0.1, -0.05) is 24.6 Å². The summed E-state index contributed by atoms with van der Waals surface area (Å²) in [6.07, 6.45) is 2.55. The number of ether oxygens (including phenoxy) is 1. The first-order chi connectivity index (χ1) is 13.0. The molecule has 2 aromatic rings. The lowest BCUT2D eigenvalue weighted by Gasteiger charge is -2.34. The van der Waals surface area contributed by atoms with Crippen LogP contribution < -0.4 is 10.1 Å². The number of anilines is 1. The monoisotopic (exact) mass is 408 g/mol. The van der Waals surface area contributed by atoms with Crippen LogP contribution in [0.2, 0.25) is 0 Å². The maximum atomic E-state index is 12.9. The van der Waals surface area contributed by atoms with E-state index < -0.39 is 10.0 Å². The zero-order valence-corrected chi connectivity index (χ0v) is 16.9. The van der Waals surface area contributed by atoms with Crippen molar-refractivity contribution < 1.29 is 17.9 Å². The number of carbonyl (C=O) groups excluding carboxylic acids is 1. The zero-order chi connectivity index (χ0) is 19.3. The molecule has 1 N–H and O–H groups in total. The summed E-state index contributed by atoms with van der Waals surface area (Å²) in [6.45, 7) is 2.84. The molecule has 2 heterocycles. The molecule has 0 bridgehead atoms. The molecule has 0 saturated carbocycles. The molecule has 1 aromatic carbocycles. The first-order valence-electron chi connectivity index (χ1n) is 9.09. The maximum Gasteiger partial charge on any atom is 0.252 e. The number of piperidine rings is 1. The normalized spacial score (nSPS) is 18.2. The highest BCUT2D eigenvalue weighted by molar-refractivity contribution is 7.91. The van der Waals surface area contributed by atoms with Gasteiger partial charge in [-0.25, -0.2) is 8.42 Å². The van der Waals surface area contributed by atoms with Gasteiger partial charge in [0.2, 0.25) is 5.91 Å². The van der Waals surface area contributed by atoms with Crippen LogP contribution in [0.1, 0.15) is 32.6 Å². The number of benzene rings is 1. The first-order valence-corrected chi connectivity index (χ1v) is 11.4. The summed E-state index contributed by atoms with van der Waals surface area (Å²) in [5.41, 5.74) is 0.604. The fourth-order valence-corrected chi connectivity index (χ4v) is 6.10. The number of nitrogens with zero attached hydrogens (tertiary/aromatic N) is 1. The number of rotatable bonds is 7. The van der Waals surface area contributed by atoms with Gasteiger partial charge in [-0.3, -0.25) is 4.79 Å². The number of hydrogen-bond acceptors (Lipinski definition) is 5. The van der Waals surface area contributed by atoms with Crippen molar-refractivity contribution in [1.82, 2.24) is 4.31 Å². The zero-order valence-electron chi connectivity index (χ0n) is 15.3. The van der Waals surface area contributed by atoms with Crippen LogP contribution in [0.15, 0.2) is 46.0 Å². The average Bonchev–Trinajstić information content (AvgIpc) is 3.19. The van der Waals surface area contributed by atoms with E-state index in [1.54, 1.807) is 29.6 Å². The maximum absolute atomic E-state index is 12.9. The van der Waals surface area contributed by atoms with Crippen molar-refractivity contribution in [2.45, 2.75) is 42.9 Å². The largest absolute Gasteiger partial charge is 0.492 e. The van der Waals surface area contributed by atoms with E-state index in [0.717, 1.165) is 12.8 Å². The predicted molar refractivity (Wildman–Crippen MR) is 107 cm³/mol. The van der Waals surface area contributed by atoms with E-state index in [2.05, 4.69) is 5.32 Å². The van der Waals surface area contributed by atoms with E-state index in [-0.39, 0.29) is 18.4 Å². The molecule has 1 aliphatic rings. The molecule has 1 atom stereocenters. The third kappa shape index (κ3) is 4.69. The minimum atomic E-state index is -3.56. The molecule has 3 rings (SSSR count). The summed E-state index contributed by atoms with van der Waals surface area (Å²) in [5, 5.41) is 4.62. The summed E-state index contributed by atoms with van der Waals surface area (Å²) in [4.78, 5) is 12.6. The van der Waals surface area contributed by atoms with Crippen LogP contribution in [0.5, 0.6) is 5.75 Å². The highest BCUT2D eigenvalue weighted by Gasteiger charge is 2.35. The van der Waals surface area contributed by atoms with Gasteiger partial charge in [-0.15, -0.1) is 11.3 Å². The standard InChI is InChI=1S/C19H24N2O4S2/c1-2-25-17-10-4-3-9-16(17)20-18(22)14-15-8-5-6-12-21(15)27(23,24)19-11-7-13-26-19/h3-4,7,9-11,13,15H,2,5-6,8,12,14H2,1H3,(H,20,22). The Morgan fingerprint density at radius 2 is 2.07 bits per heavy atom. The van der Waals surface area contributed by atoms with Crippen LogP contribution in [0, 0.1) is 0 Å². The average molecular weight is 409 g/mol. The second kappa shape index (κ2) is 8.86. The molecule has 1 aliphatic heterocycles. The molecule has 1 unspecified atom stereocenters. The number of carbonyl (C=O) groups is 1. The Kier molecular flexibility index (Phi) is 6.51. The molecule has 1 amide bonds. The molecular formula is C19H24N2O4S2. The number of amides is 1. The van der Waals surface area contributed by atoms with Crippen LogP contribution in [-0.2, 0) is 14.8 Å². The minimum Gasteiger partial charge on any atom is -0.492 e. The lowest BCUT2D eigenvalue weighted by Crippen LogP contribution is -2.45. The molecule has 0 radical (unpaired) electrons. The number of thiophene rings is 1. The summed E-state index contributed by atoms with van der Waals surface area (Å²) in [7, 11) is -3.56. The van der Waals surface area contributed by atoms with Gasteiger partial charge in [-0.05, 0) is 43.3 Å². The van der Waals surface area contributed by atoms with E-state index >= 15 is 0 Å². The highest BCUT2D eigenvalue weighted by Crippen LogP contribution is 2.30. The van der Waals surface area contributed by atoms with Crippen molar-refractivity contribution in [3.05, 3.63) is 41.8 Å². The Hall–Kier alpha value is -1.90. The van der Waals surface area contributed by atoms with Crippen LogP contribution >= 0.6 is 11.3 Å². The van der Waals surface area contributed by atoms with Crippen molar-refractivity contribution >= 4 is 33.0 Å². The Morgan fingerprint density at radius 1 is 1.26 bits per heavy atom. The summed E-state index contributed by atoms with van der Waals surface area (Å²) in [6, 6.07) is 10.3. The van der Waals surface area contributed by atoms with Crippen molar-refractivity contribution in [1.29, 1.82) is 0 Å². The van der Waals surface area contributed by atoms with Crippen molar-refractivity contribution in [3.8, 4) is 5.75 Å². The Bertz CT molecular complexity index is 866. The summed E-state index contributed by atoms with van der Waals surface area (Å²) >= 11 is 1.21. The minimum absolute atomic E-state index is 0.130. The van der Waals surface area contributed by atoms with Gasteiger partial charge in [0.1, 0.15) is 9.96 Å². The molecule has 8 heteroatoms. The first kappa shape index (κ1) is 19.9. The number of sulfonamides is 1. The van der Waals surface area contributed by atoms with Crippen molar-refractivity contribution in [2.24, 2.45) is 0 Å². The van der Waals surface area contributed by atoms with Crippen LogP contribution in [0.25, 0.3) is 0 Å². The molecule has 6 nitrogen and oxygen atoms in total. The lowest BCUT2D eigenvalue weighted by molar-refractivity contribution is -0.117. The number of para-hydroxylation sites is 2. The molecule has 0 aliphatic carbocycles. The van der Waals surface area contributed by atoms with E-state index in [9.17, 15) is 13.2 Å². The lowest BCUT2D eigenvalue weighted by atomic mass is 10.0. The van der Waals surface area contributed by atoms with Crippen LogP contribution in [-0.4, -0.2) is 37.8 Å². The Balaban J connectivity index is 1.72. The highest BCUT2D eigenvalue weighted by atomic mass is 32.2. The summed E-state index contributed by atoms with van der Waals surface area (Å²) < 4.78 is 33.2. The van der Waals surface area contributed by atoms with Gasteiger partial charge in [0, 0.05) is 19.0 Å². The third-order valence-corrected chi connectivity index (χ3v) is 7.84. The molecule has 1 aromatic heterocycles. The molecule has 27 heavy (non-hydrogen) atoms. The van der Waals surface area contributed by atoms with Gasteiger partial charge >= 0.3 is 0 Å². The molecule has 1 fully saturated rings. The fraction of sp³-hybridized carbons (Fsp3) is 0.421. The van der Waals surface area contributed by atoms with Crippen LogP contribution in [0.4, 0.5) is 5.69 Å². The molecule has 146 valence electrons. The third-order valence-electron chi connectivity index (χ3n) is 4.51. The van der Waals surface area contributed by atoms with Gasteiger partial charge < -0.3 is 10.1 Å². The topological polar surface area (TPSA) is 75.7 Å². The second-order valence-electron chi connectivity index (χ2n) is 6.38. The van der Waals surface area contributed by atoms with E-state index in [0.29, 0.717) is 35.2 Å². The van der Waals surface area contributed by atoms with Gasteiger partial charge in [0.05, 0.1) is 12.3 Å². The Labute approximate surface area is 164 Å². The van der Waals surface area contributed by atoms with E-state index in [4.69, 9.17) is 4.74 Å². The smallest absolute Gasteiger partial charge is 0.252 e. The quantitative estimate of drug-likeness (QED) is 0.758. The second-order valence-corrected chi connectivity index (χ2v) is 9.44. The number of nitrogens with one attached hydrogen (secondary N) is 1. The molecule has 0 spiro atoms. The van der Waals surface area contributed by atoms with Crippen molar-refractivity contribution in [3.63, 3.8) is 0 Å². The number of hydrogen-bond donors (Lipinski definition) is 1. The van der Waals surface area contributed by atoms with Crippen LogP contribution in [0.3, 0.4) is 0 Å². The van der Waals surface area contributed by atoms with Crippen molar-refractivity contribution in [2.75, 3.05) is 18.5 Å². The van der Waals surface area contributed by atoms with Gasteiger partial charge in [0.25, 0.3) is 10.0 Å². The van der Waals surface area contributed by atoms with E-state index in [1.165, 1.54) is 15.6 Å². The summed E-state index contributed by atoms with van der Waals surface area (Å²) in [5.74, 6) is 0.403. The Morgan fingerprint density at radius 3 is 2.81 bits per heavy atom. The van der Waals surface area contributed by atoms with Gasteiger partial charge in [0.15, 0.2) is 0 Å². The fourth-order valence-electron chi connectivity index (χ4n) is 3.29. The molecular weight excluding hydrogens is 384 g/mol. The van der Waals surface area contributed by atoms with Gasteiger partial charge in [-0.2, -0.15) is 4.31 Å². The molecule has 1 saturated heterocycles. The van der Waals surface area contributed by atoms with E-state index in [1.807, 2.05) is 19.1 Å². The SMILES string of the molecule is CCOc1ccccc1NC(=O)CC1CCCCN1S(=O)(=O)c1cccs1. The predicted octanol–water partition coefficient (Wildman–Crippen LogP) is 3.72.